The minimum absolute atomic E-state index is 0.723. The quantitative estimate of drug-likeness (QED) is 0.241. The van der Waals surface area contributed by atoms with Gasteiger partial charge in [0.25, 0.3) is 0 Å². The van der Waals surface area contributed by atoms with Gasteiger partial charge in [0, 0.05) is 23.5 Å². The zero-order valence-corrected chi connectivity index (χ0v) is 19.7. The topological polar surface area (TPSA) is 36.8 Å². The normalized spacial score (nSPS) is 12.5. The molecule has 0 atom stereocenters. The van der Waals surface area contributed by atoms with Gasteiger partial charge in [-0.1, -0.05) is 32.1 Å². The highest BCUT2D eigenvalue weighted by atomic mass is 32.2. The minimum Gasteiger partial charge on any atom is -0.340 e. The smallest absolute Gasteiger partial charge is 0.134 e. The van der Waals surface area contributed by atoms with Crippen molar-refractivity contribution in [1.82, 2.24) is 0 Å². The lowest BCUT2D eigenvalue weighted by molar-refractivity contribution is 1.07. The number of aryl methyl sites for hydroxylation is 1. The third-order valence-electron chi connectivity index (χ3n) is 3.74. The number of nitrogens with zero attached hydrogens (tertiary/aromatic N) is 2. The Kier molecular flexibility index (Phi) is 15.3. The molecule has 0 heterocycles. The molecule has 0 aromatic heterocycles. The molecule has 1 N–H and O–H groups in total. The van der Waals surface area contributed by atoms with Gasteiger partial charge in [-0.05, 0) is 74.1 Å². The van der Waals surface area contributed by atoms with E-state index in [-0.39, 0.29) is 0 Å². The monoisotopic (exact) mass is 417 g/mol. The summed E-state index contributed by atoms with van der Waals surface area (Å²) < 4.78 is 0. The van der Waals surface area contributed by atoms with Crippen molar-refractivity contribution in [2.45, 2.75) is 47.0 Å². The van der Waals surface area contributed by atoms with E-state index < -0.39 is 0 Å². The first kappa shape index (κ1) is 26.3. The Morgan fingerprint density at radius 2 is 1.86 bits per heavy atom. The number of thiol groups is 1. The minimum atomic E-state index is 0.723. The molecule has 0 fully saturated rings. The summed E-state index contributed by atoms with van der Waals surface area (Å²) in [6.07, 6.45) is 6.52. The molecule has 0 aliphatic rings. The van der Waals surface area contributed by atoms with Crippen molar-refractivity contribution < 1.29 is 0 Å². The maximum atomic E-state index is 4.58. The van der Waals surface area contributed by atoms with E-state index in [1.807, 2.05) is 31.6 Å². The predicted molar refractivity (Wildman–Crippen MR) is 135 cm³/mol. The van der Waals surface area contributed by atoms with Gasteiger partial charge in [-0.25, -0.2) is 4.99 Å². The third-order valence-corrected chi connectivity index (χ3v) is 4.63. The predicted octanol–water partition coefficient (Wildman–Crippen LogP) is 7.16. The Hall–Kier alpha value is -1.72. The van der Waals surface area contributed by atoms with Gasteiger partial charge in [-0.3, -0.25) is 4.99 Å². The molecule has 0 unspecified atom stereocenters. The van der Waals surface area contributed by atoms with Gasteiger partial charge in [0.15, 0.2) is 0 Å². The SMILES string of the molecule is C=CC/C(C(CC)=NCC)=C(/N=C)Nc1ccc(CC)cc1.CS/C=C(/C)S. The Morgan fingerprint density at radius 3 is 2.21 bits per heavy atom. The highest BCUT2D eigenvalue weighted by molar-refractivity contribution is 8.02. The van der Waals surface area contributed by atoms with E-state index in [4.69, 9.17) is 0 Å². The van der Waals surface area contributed by atoms with Gasteiger partial charge in [0.2, 0.25) is 0 Å². The average Bonchev–Trinajstić information content (AvgIpc) is 2.70. The fourth-order valence-corrected chi connectivity index (χ4v) is 3.11. The average molecular weight is 418 g/mol. The van der Waals surface area contributed by atoms with Crippen LogP contribution in [0.15, 0.2) is 68.6 Å². The van der Waals surface area contributed by atoms with Crippen LogP contribution in [0.2, 0.25) is 0 Å². The van der Waals surface area contributed by atoms with E-state index in [1.54, 1.807) is 11.8 Å². The van der Waals surface area contributed by atoms with E-state index >= 15 is 0 Å². The number of thioether (sulfide) groups is 1. The second-order valence-corrected chi connectivity index (χ2v) is 7.34. The van der Waals surface area contributed by atoms with Crippen LogP contribution in [0.5, 0.6) is 0 Å². The number of allylic oxidation sites excluding steroid dienone is 3. The van der Waals surface area contributed by atoms with Crippen LogP contribution in [0.4, 0.5) is 5.69 Å². The summed E-state index contributed by atoms with van der Waals surface area (Å²) in [5, 5.41) is 5.35. The number of aliphatic imine (C=N–C) groups is 2. The summed E-state index contributed by atoms with van der Waals surface area (Å²) in [6, 6.07) is 8.38. The van der Waals surface area contributed by atoms with Crippen LogP contribution in [-0.4, -0.2) is 25.2 Å². The first-order chi connectivity index (χ1) is 13.5. The zero-order valence-electron chi connectivity index (χ0n) is 18.0. The molecular weight excluding hydrogens is 382 g/mol. The van der Waals surface area contributed by atoms with Crippen LogP contribution in [0.25, 0.3) is 0 Å². The van der Waals surface area contributed by atoms with Gasteiger partial charge < -0.3 is 5.32 Å². The number of hydrogen-bond acceptors (Lipinski definition) is 5. The van der Waals surface area contributed by atoms with Crippen molar-refractivity contribution >= 4 is 42.5 Å². The van der Waals surface area contributed by atoms with Crippen LogP contribution in [0.1, 0.15) is 46.1 Å². The number of nitrogens with one attached hydrogen (secondary N) is 1. The van der Waals surface area contributed by atoms with E-state index in [0.717, 1.165) is 53.5 Å². The largest absolute Gasteiger partial charge is 0.340 e. The van der Waals surface area contributed by atoms with E-state index in [2.05, 4.69) is 79.3 Å². The second-order valence-electron chi connectivity index (χ2n) is 5.92. The highest BCUT2D eigenvalue weighted by Crippen LogP contribution is 2.19. The zero-order chi connectivity index (χ0) is 21.4. The third kappa shape index (κ3) is 10.6. The van der Waals surface area contributed by atoms with Crippen LogP contribution in [0, 0.1) is 0 Å². The Bertz CT molecular complexity index is 682. The lowest BCUT2D eigenvalue weighted by Gasteiger charge is -2.14. The summed E-state index contributed by atoms with van der Waals surface area (Å²) in [6.45, 7) is 16.6. The van der Waals surface area contributed by atoms with Crippen molar-refractivity contribution in [2.24, 2.45) is 9.98 Å². The fraction of sp³-hybridized carbons (Fsp3) is 0.391. The van der Waals surface area contributed by atoms with Crippen molar-refractivity contribution in [3.63, 3.8) is 0 Å². The number of anilines is 1. The molecule has 0 amide bonds. The highest BCUT2D eigenvalue weighted by Gasteiger charge is 2.10. The van der Waals surface area contributed by atoms with Crippen LogP contribution >= 0.6 is 24.4 Å². The molecule has 3 nitrogen and oxygen atoms in total. The van der Waals surface area contributed by atoms with Crippen LogP contribution in [0.3, 0.4) is 0 Å². The number of hydrogen-bond donors (Lipinski definition) is 2. The first-order valence-electron chi connectivity index (χ1n) is 9.56. The van der Waals surface area contributed by atoms with Gasteiger partial charge >= 0.3 is 0 Å². The molecule has 5 heteroatoms. The van der Waals surface area contributed by atoms with E-state index in [0.29, 0.717) is 0 Å². The second kappa shape index (κ2) is 16.3. The molecule has 1 aromatic carbocycles. The van der Waals surface area contributed by atoms with E-state index in [9.17, 15) is 0 Å². The van der Waals surface area contributed by atoms with Crippen LogP contribution in [-0.2, 0) is 6.42 Å². The number of rotatable bonds is 10. The Balaban J connectivity index is 0.00000105. The lowest BCUT2D eigenvalue weighted by atomic mass is 10.0. The standard InChI is InChI=1S/C19H27N3.C4H8S2/c1-6-10-17(18(8-3)21-9-4)19(20-5)22-16-13-11-15(7-2)12-14-16;1-4(5)3-6-2/h6,11-14,22H,1,5,7-10H2,2-4H3;3,5H,1-2H3/b19-17+,21-18?;4-3-. The van der Waals surface area contributed by atoms with Gasteiger partial charge in [0.05, 0.1) is 0 Å². The molecule has 0 saturated carbocycles. The van der Waals surface area contributed by atoms with Crippen LogP contribution < -0.4 is 5.32 Å². The molecule has 154 valence electrons. The Morgan fingerprint density at radius 1 is 1.21 bits per heavy atom. The van der Waals surface area contributed by atoms with Gasteiger partial charge in [0.1, 0.15) is 5.82 Å². The molecule has 0 aliphatic heterocycles. The first-order valence-corrected chi connectivity index (χ1v) is 11.3. The summed E-state index contributed by atoms with van der Waals surface area (Å²) in [4.78, 5) is 9.84. The lowest BCUT2D eigenvalue weighted by Crippen LogP contribution is -2.10. The molecular formula is C23H35N3S2. The van der Waals surface area contributed by atoms with Gasteiger partial charge in [-0.2, -0.15) is 0 Å². The fourth-order valence-electron chi connectivity index (χ4n) is 2.45. The number of benzene rings is 1. The van der Waals surface area contributed by atoms with Crippen molar-refractivity contribution in [1.29, 1.82) is 0 Å². The maximum Gasteiger partial charge on any atom is 0.134 e. The molecule has 0 spiro atoms. The summed E-state index contributed by atoms with van der Waals surface area (Å²) in [7, 11) is 0. The maximum absolute atomic E-state index is 4.58. The summed E-state index contributed by atoms with van der Waals surface area (Å²) in [5.74, 6) is 0.762. The molecule has 0 aliphatic carbocycles. The summed E-state index contributed by atoms with van der Waals surface area (Å²) in [5.41, 5.74) is 4.44. The van der Waals surface area contributed by atoms with Crippen molar-refractivity contribution in [2.75, 3.05) is 18.1 Å². The molecule has 0 radical (unpaired) electrons. The molecule has 1 aromatic rings. The van der Waals surface area contributed by atoms with Crippen molar-refractivity contribution in [3.8, 4) is 0 Å². The van der Waals surface area contributed by atoms with Gasteiger partial charge in [-0.15, -0.1) is 31.0 Å². The molecule has 0 bridgehead atoms. The molecule has 1 rings (SSSR count). The Labute approximate surface area is 181 Å². The van der Waals surface area contributed by atoms with Crippen molar-refractivity contribution in [3.05, 3.63) is 64.2 Å². The molecule has 0 saturated heterocycles. The molecule has 28 heavy (non-hydrogen) atoms. The summed E-state index contributed by atoms with van der Waals surface area (Å²) >= 11 is 5.69. The van der Waals surface area contributed by atoms with E-state index in [1.165, 1.54) is 5.56 Å².